The lowest BCUT2D eigenvalue weighted by atomic mass is 10.2. The summed E-state index contributed by atoms with van der Waals surface area (Å²) in [7, 11) is 0. The summed E-state index contributed by atoms with van der Waals surface area (Å²) in [5, 5.41) is 0.830. The maximum absolute atomic E-state index is 12.4. The van der Waals surface area contributed by atoms with E-state index in [4.69, 9.17) is 14.7 Å². The van der Waals surface area contributed by atoms with Gasteiger partial charge >= 0.3 is 5.97 Å². The second-order valence-electron chi connectivity index (χ2n) is 8.21. The largest absolute Gasteiger partial charge is 0.424 e. The molecule has 31 heavy (non-hydrogen) atoms. The zero-order valence-corrected chi connectivity index (χ0v) is 18.9. The van der Waals surface area contributed by atoms with E-state index in [1.54, 1.807) is 0 Å². The Morgan fingerprint density at radius 3 is 2.58 bits per heavy atom. The lowest BCUT2D eigenvalue weighted by molar-refractivity contribution is -0.134. The molecule has 0 unspecified atom stereocenters. The Balaban J connectivity index is 1.93. The Labute approximate surface area is 183 Å². The summed E-state index contributed by atoms with van der Waals surface area (Å²) in [6.07, 6.45) is 9.65. The van der Waals surface area contributed by atoms with Crippen molar-refractivity contribution >= 4 is 33.7 Å². The van der Waals surface area contributed by atoms with Gasteiger partial charge in [0, 0.05) is 25.6 Å². The number of carbonyl (C=O) groups excluding carboxylic acids is 1. The summed E-state index contributed by atoms with van der Waals surface area (Å²) in [6.45, 7) is 7.22. The number of para-hydroxylation sites is 2. The highest BCUT2D eigenvalue weighted by Crippen LogP contribution is 2.34. The Hall–Kier alpha value is -2.89. The van der Waals surface area contributed by atoms with Crippen molar-refractivity contribution in [2.24, 2.45) is 0 Å². The monoisotopic (exact) mass is 420 g/mol. The predicted molar refractivity (Wildman–Crippen MR) is 125 cm³/mol. The van der Waals surface area contributed by atoms with Gasteiger partial charge in [-0.15, -0.1) is 0 Å². The molecule has 0 spiro atoms. The Morgan fingerprint density at radius 2 is 1.81 bits per heavy atom. The van der Waals surface area contributed by atoms with E-state index >= 15 is 0 Å². The van der Waals surface area contributed by atoms with Crippen LogP contribution in [0.5, 0.6) is 5.75 Å². The van der Waals surface area contributed by atoms with Crippen LogP contribution in [-0.2, 0) is 17.8 Å². The smallest absolute Gasteiger partial charge is 0.311 e. The molecule has 0 aliphatic carbocycles. The third kappa shape index (κ3) is 4.16. The summed E-state index contributed by atoms with van der Waals surface area (Å²) >= 11 is 0. The Kier molecular flexibility index (Phi) is 6.54. The molecule has 164 valence electrons. The van der Waals surface area contributed by atoms with Crippen molar-refractivity contribution in [1.82, 2.24) is 18.9 Å². The molecule has 4 aromatic rings. The Morgan fingerprint density at radius 1 is 0.968 bits per heavy atom. The van der Waals surface area contributed by atoms with Crippen LogP contribution in [0.3, 0.4) is 0 Å². The number of unbranched alkanes of at least 4 members (excludes halogenated alkanes) is 3. The molecule has 0 saturated heterocycles. The van der Waals surface area contributed by atoms with Crippen LogP contribution in [0.1, 0.15) is 71.5 Å². The molecule has 0 atom stereocenters. The first kappa shape index (κ1) is 21.3. The van der Waals surface area contributed by atoms with Gasteiger partial charge in [0.1, 0.15) is 16.9 Å². The number of ether oxygens (including phenoxy) is 1. The fraction of sp³-hybridized carbons (Fsp3) is 0.480. The van der Waals surface area contributed by atoms with E-state index in [2.05, 4.69) is 28.9 Å². The number of fused-ring (bicyclic) bond motifs is 5. The maximum atomic E-state index is 12.4. The van der Waals surface area contributed by atoms with Gasteiger partial charge in [-0.2, -0.15) is 0 Å². The summed E-state index contributed by atoms with van der Waals surface area (Å²) < 4.78 is 10.1. The van der Waals surface area contributed by atoms with Crippen LogP contribution in [0.15, 0.2) is 30.5 Å². The topological polar surface area (TPSA) is 61.4 Å². The number of carbonyl (C=O) groups is 1. The molecule has 0 saturated carbocycles. The van der Waals surface area contributed by atoms with E-state index in [-0.39, 0.29) is 5.97 Å². The highest BCUT2D eigenvalue weighted by Gasteiger charge is 2.22. The highest BCUT2D eigenvalue weighted by molar-refractivity contribution is 6.00. The molecule has 0 fully saturated rings. The van der Waals surface area contributed by atoms with Crippen molar-refractivity contribution < 1.29 is 9.53 Å². The zero-order chi connectivity index (χ0) is 21.8. The number of aromatic nitrogens is 4. The molecule has 3 aromatic heterocycles. The molecule has 0 aliphatic rings. The molecule has 3 heterocycles. The molecule has 0 amide bonds. The number of hydrogen-bond donors (Lipinski definition) is 0. The first-order valence-corrected chi connectivity index (χ1v) is 11.7. The van der Waals surface area contributed by atoms with Gasteiger partial charge in [0.05, 0.1) is 11.0 Å². The number of aryl methyl sites for hydroxylation is 2. The van der Waals surface area contributed by atoms with Crippen LogP contribution in [0.2, 0.25) is 0 Å². The fourth-order valence-corrected chi connectivity index (χ4v) is 4.20. The van der Waals surface area contributed by atoms with Crippen LogP contribution in [0.4, 0.5) is 0 Å². The van der Waals surface area contributed by atoms with E-state index in [9.17, 15) is 4.79 Å². The minimum Gasteiger partial charge on any atom is -0.424 e. The number of hydrogen-bond acceptors (Lipinski definition) is 4. The van der Waals surface area contributed by atoms with Crippen LogP contribution < -0.4 is 4.74 Å². The molecule has 0 radical (unpaired) electrons. The normalized spacial score (nSPS) is 11.7. The standard InChI is InChI=1S/C25H32N4O2/c1-4-7-8-11-16-28-17-20(31-22(30)13-6-3)23-24(28)27-21(12-5-2)29-19-15-10-9-14-18(19)26-25(23)29/h9-10,14-15,17H,4-8,11-13,16H2,1-3H3. The molecular weight excluding hydrogens is 388 g/mol. The number of rotatable bonds is 10. The second-order valence-corrected chi connectivity index (χ2v) is 8.21. The van der Waals surface area contributed by atoms with Crippen molar-refractivity contribution in [2.45, 2.75) is 78.7 Å². The first-order chi connectivity index (χ1) is 15.2. The summed E-state index contributed by atoms with van der Waals surface area (Å²) in [6, 6.07) is 8.12. The second kappa shape index (κ2) is 9.50. The van der Waals surface area contributed by atoms with Crippen molar-refractivity contribution in [1.29, 1.82) is 0 Å². The minimum atomic E-state index is -0.209. The summed E-state index contributed by atoms with van der Waals surface area (Å²) in [5.74, 6) is 1.36. The third-order valence-corrected chi connectivity index (χ3v) is 5.70. The third-order valence-electron chi connectivity index (χ3n) is 5.70. The van der Waals surface area contributed by atoms with E-state index in [0.29, 0.717) is 12.2 Å². The quantitative estimate of drug-likeness (QED) is 0.231. The van der Waals surface area contributed by atoms with Crippen molar-refractivity contribution in [3.63, 3.8) is 0 Å². The van der Waals surface area contributed by atoms with Crippen LogP contribution in [-0.4, -0.2) is 24.9 Å². The molecule has 6 heteroatoms. The van der Waals surface area contributed by atoms with Gasteiger partial charge in [0.25, 0.3) is 0 Å². The van der Waals surface area contributed by atoms with Gasteiger partial charge in [0.2, 0.25) is 0 Å². The van der Waals surface area contributed by atoms with Crippen LogP contribution in [0.25, 0.3) is 27.7 Å². The molecule has 0 aliphatic heterocycles. The van der Waals surface area contributed by atoms with Gasteiger partial charge in [-0.3, -0.25) is 9.20 Å². The van der Waals surface area contributed by atoms with Crippen molar-refractivity contribution in [2.75, 3.05) is 0 Å². The van der Waals surface area contributed by atoms with Crippen LogP contribution >= 0.6 is 0 Å². The zero-order valence-electron chi connectivity index (χ0n) is 18.9. The lowest BCUT2D eigenvalue weighted by Gasteiger charge is -2.09. The van der Waals surface area contributed by atoms with E-state index in [0.717, 1.165) is 65.8 Å². The minimum absolute atomic E-state index is 0.209. The number of esters is 1. The SMILES string of the molecule is CCCCCCn1cc(OC(=O)CCC)c2c1nc(CCC)n1c3ccccc3nc21. The number of nitrogens with zero attached hydrogens (tertiary/aromatic N) is 4. The average Bonchev–Trinajstić information content (AvgIpc) is 3.30. The van der Waals surface area contributed by atoms with Gasteiger partial charge in [0.15, 0.2) is 11.4 Å². The fourth-order valence-electron chi connectivity index (χ4n) is 4.20. The first-order valence-electron chi connectivity index (χ1n) is 11.7. The average molecular weight is 421 g/mol. The van der Waals surface area contributed by atoms with Gasteiger partial charge in [-0.1, -0.05) is 52.2 Å². The maximum Gasteiger partial charge on any atom is 0.311 e. The molecule has 6 nitrogen and oxygen atoms in total. The Bertz CT molecular complexity index is 1200. The van der Waals surface area contributed by atoms with Gasteiger partial charge in [-0.05, 0) is 31.4 Å². The van der Waals surface area contributed by atoms with Crippen molar-refractivity contribution in [3.05, 3.63) is 36.3 Å². The lowest BCUT2D eigenvalue weighted by Crippen LogP contribution is -2.07. The highest BCUT2D eigenvalue weighted by atomic mass is 16.5. The van der Waals surface area contributed by atoms with E-state index < -0.39 is 0 Å². The number of imidazole rings is 1. The molecule has 4 rings (SSSR count). The molecular formula is C25H32N4O2. The van der Waals surface area contributed by atoms with Crippen molar-refractivity contribution in [3.8, 4) is 5.75 Å². The summed E-state index contributed by atoms with van der Waals surface area (Å²) in [4.78, 5) is 22.4. The summed E-state index contributed by atoms with van der Waals surface area (Å²) in [5.41, 5.74) is 3.65. The molecule has 0 bridgehead atoms. The van der Waals surface area contributed by atoms with E-state index in [1.165, 1.54) is 19.3 Å². The number of benzene rings is 1. The van der Waals surface area contributed by atoms with E-state index in [1.807, 2.05) is 31.3 Å². The molecule has 0 N–H and O–H groups in total. The predicted octanol–water partition coefficient (Wildman–Crippen LogP) is 6.08. The van der Waals surface area contributed by atoms with Gasteiger partial charge in [-0.25, -0.2) is 9.97 Å². The molecule has 1 aromatic carbocycles. The van der Waals surface area contributed by atoms with Gasteiger partial charge < -0.3 is 9.30 Å². The van der Waals surface area contributed by atoms with Crippen LogP contribution in [0, 0.1) is 0 Å².